The van der Waals surface area contributed by atoms with Gasteiger partial charge in [-0.25, -0.2) is 0 Å². The summed E-state index contributed by atoms with van der Waals surface area (Å²) in [7, 11) is 0. The number of hydrogen-bond donors (Lipinski definition) is 0. The van der Waals surface area contributed by atoms with Crippen LogP contribution in [0.15, 0.2) is 11.6 Å². The third-order valence-electron chi connectivity index (χ3n) is 3.20. The second kappa shape index (κ2) is 2.37. The Bertz CT molecular complexity index is 234. The zero-order chi connectivity index (χ0) is 7.84. The normalized spacial score (nSPS) is 44.7. The van der Waals surface area contributed by atoms with Crippen LogP contribution in [0.4, 0.5) is 0 Å². The van der Waals surface area contributed by atoms with Crippen molar-refractivity contribution in [1.29, 1.82) is 5.26 Å². The Labute approximate surface area is 67.7 Å². The molecule has 0 N–H and O–H groups in total. The summed E-state index contributed by atoms with van der Waals surface area (Å²) in [5.41, 5.74) is 1.55. The minimum Gasteiger partial charge on any atom is -0.198 e. The Kier molecular flexibility index (Phi) is 1.49. The van der Waals surface area contributed by atoms with Gasteiger partial charge in [-0.3, -0.25) is 0 Å². The molecule has 0 heterocycles. The molecule has 58 valence electrons. The molecule has 11 heavy (non-hydrogen) atoms. The minimum absolute atomic E-state index is 0.347. The van der Waals surface area contributed by atoms with Gasteiger partial charge in [0.1, 0.15) is 0 Å². The molecule has 3 atom stereocenters. The SMILES string of the molecule is C/C=C1\C[C@@H]2CC(C#N)[C@H]1C2. The van der Waals surface area contributed by atoms with E-state index >= 15 is 0 Å². The third-order valence-corrected chi connectivity index (χ3v) is 3.20. The molecule has 2 fully saturated rings. The van der Waals surface area contributed by atoms with E-state index in [1.807, 2.05) is 0 Å². The van der Waals surface area contributed by atoms with Crippen molar-refractivity contribution in [3.05, 3.63) is 11.6 Å². The lowest BCUT2D eigenvalue weighted by Gasteiger charge is -2.17. The highest BCUT2D eigenvalue weighted by molar-refractivity contribution is 5.21. The van der Waals surface area contributed by atoms with Crippen LogP contribution in [-0.4, -0.2) is 0 Å². The minimum atomic E-state index is 0.347. The first kappa shape index (κ1) is 6.91. The van der Waals surface area contributed by atoms with Crippen molar-refractivity contribution in [2.45, 2.75) is 26.2 Å². The van der Waals surface area contributed by atoms with Gasteiger partial charge in [0.05, 0.1) is 12.0 Å². The lowest BCUT2D eigenvalue weighted by molar-refractivity contribution is 0.482. The lowest BCUT2D eigenvalue weighted by atomic mass is 9.86. The zero-order valence-electron chi connectivity index (χ0n) is 6.88. The Morgan fingerprint density at radius 2 is 2.36 bits per heavy atom. The topological polar surface area (TPSA) is 23.8 Å². The summed E-state index contributed by atoms with van der Waals surface area (Å²) in [5.74, 6) is 1.82. The van der Waals surface area contributed by atoms with E-state index in [0.717, 1.165) is 5.92 Å². The molecule has 1 nitrogen and oxygen atoms in total. The first-order chi connectivity index (χ1) is 5.35. The molecule has 2 saturated carbocycles. The number of fused-ring (bicyclic) bond motifs is 2. The average Bonchev–Trinajstić information content (AvgIpc) is 2.60. The maximum Gasteiger partial charge on any atom is 0.0662 e. The summed E-state index contributed by atoms with van der Waals surface area (Å²) >= 11 is 0. The molecular weight excluding hydrogens is 134 g/mol. The molecule has 0 aromatic heterocycles. The van der Waals surface area contributed by atoms with Crippen molar-refractivity contribution in [2.75, 3.05) is 0 Å². The number of rotatable bonds is 0. The third kappa shape index (κ3) is 0.894. The van der Waals surface area contributed by atoms with Crippen molar-refractivity contribution in [1.82, 2.24) is 0 Å². The fourth-order valence-electron chi connectivity index (χ4n) is 2.68. The molecule has 0 aliphatic heterocycles. The molecular formula is C10H13N. The second-order valence-corrected chi connectivity index (χ2v) is 3.75. The molecule has 0 amide bonds. The molecule has 2 aliphatic carbocycles. The summed E-state index contributed by atoms with van der Waals surface area (Å²) in [6, 6.07) is 2.42. The van der Waals surface area contributed by atoms with Gasteiger partial charge < -0.3 is 0 Å². The Morgan fingerprint density at radius 3 is 2.91 bits per heavy atom. The van der Waals surface area contributed by atoms with Crippen LogP contribution in [0.1, 0.15) is 26.2 Å². The molecule has 0 aromatic rings. The summed E-state index contributed by atoms with van der Waals surface area (Å²) in [4.78, 5) is 0. The van der Waals surface area contributed by atoms with Crippen molar-refractivity contribution in [2.24, 2.45) is 17.8 Å². The van der Waals surface area contributed by atoms with Crippen LogP contribution in [0.3, 0.4) is 0 Å². The molecule has 0 saturated heterocycles. The van der Waals surface area contributed by atoms with Gasteiger partial charge in [-0.15, -0.1) is 0 Å². The highest BCUT2D eigenvalue weighted by Gasteiger charge is 2.42. The largest absolute Gasteiger partial charge is 0.198 e. The maximum absolute atomic E-state index is 8.82. The number of nitrogens with zero attached hydrogens (tertiary/aromatic N) is 1. The lowest BCUT2D eigenvalue weighted by Crippen LogP contribution is -2.10. The van der Waals surface area contributed by atoms with Gasteiger partial charge in [0, 0.05) is 0 Å². The van der Waals surface area contributed by atoms with Gasteiger partial charge in [-0.2, -0.15) is 5.26 Å². The summed E-state index contributed by atoms with van der Waals surface area (Å²) < 4.78 is 0. The van der Waals surface area contributed by atoms with E-state index in [1.54, 1.807) is 5.57 Å². The van der Waals surface area contributed by atoms with E-state index in [1.165, 1.54) is 19.3 Å². The first-order valence-corrected chi connectivity index (χ1v) is 4.40. The van der Waals surface area contributed by atoms with Gasteiger partial charge in [0.2, 0.25) is 0 Å². The zero-order valence-corrected chi connectivity index (χ0v) is 6.88. The van der Waals surface area contributed by atoms with Crippen molar-refractivity contribution < 1.29 is 0 Å². The standard InChI is InChI=1S/C10H13N/c1-2-8-3-7-4-9(6-11)10(8)5-7/h2,7,9-10H,3-5H2,1H3/b8-2+/t7-,9?,10+/m1/s1. The van der Waals surface area contributed by atoms with Crippen LogP contribution in [0.25, 0.3) is 0 Å². The second-order valence-electron chi connectivity index (χ2n) is 3.75. The first-order valence-electron chi connectivity index (χ1n) is 4.40. The van der Waals surface area contributed by atoms with Crippen LogP contribution in [-0.2, 0) is 0 Å². The predicted octanol–water partition coefficient (Wildman–Crippen LogP) is 2.50. The van der Waals surface area contributed by atoms with Crippen molar-refractivity contribution in [3.63, 3.8) is 0 Å². The van der Waals surface area contributed by atoms with Gasteiger partial charge in [-0.1, -0.05) is 11.6 Å². The Balaban J connectivity index is 2.22. The smallest absolute Gasteiger partial charge is 0.0662 e. The number of nitriles is 1. The van der Waals surface area contributed by atoms with Crippen LogP contribution < -0.4 is 0 Å². The van der Waals surface area contributed by atoms with E-state index < -0.39 is 0 Å². The van der Waals surface area contributed by atoms with Crippen LogP contribution in [0.2, 0.25) is 0 Å². The molecule has 0 aromatic carbocycles. The summed E-state index contributed by atoms with van der Waals surface area (Å²) in [6.45, 7) is 2.10. The highest BCUT2D eigenvalue weighted by Crippen LogP contribution is 2.51. The number of hydrogen-bond acceptors (Lipinski definition) is 1. The van der Waals surface area contributed by atoms with Gasteiger partial charge in [0.25, 0.3) is 0 Å². The van der Waals surface area contributed by atoms with Crippen LogP contribution in [0, 0.1) is 29.1 Å². The van der Waals surface area contributed by atoms with E-state index in [-0.39, 0.29) is 0 Å². The quantitative estimate of drug-likeness (QED) is 0.483. The van der Waals surface area contributed by atoms with Crippen molar-refractivity contribution >= 4 is 0 Å². The van der Waals surface area contributed by atoms with E-state index in [4.69, 9.17) is 5.26 Å². The highest BCUT2D eigenvalue weighted by atomic mass is 14.5. The van der Waals surface area contributed by atoms with Crippen LogP contribution in [0.5, 0.6) is 0 Å². The Hall–Kier alpha value is -0.770. The number of allylic oxidation sites excluding steroid dienone is 2. The molecule has 1 unspecified atom stereocenters. The maximum atomic E-state index is 8.82. The average molecular weight is 147 g/mol. The van der Waals surface area contributed by atoms with Crippen LogP contribution >= 0.6 is 0 Å². The molecule has 0 spiro atoms. The van der Waals surface area contributed by atoms with Crippen molar-refractivity contribution in [3.8, 4) is 6.07 Å². The molecule has 2 aliphatic rings. The molecule has 2 rings (SSSR count). The van der Waals surface area contributed by atoms with Gasteiger partial charge >= 0.3 is 0 Å². The van der Waals surface area contributed by atoms with Gasteiger partial charge in [-0.05, 0) is 38.0 Å². The van der Waals surface area contributed by atoms with E-state index in [2.05, 4.69) is 19.1 Å². The molecule has 0 radical (unpaired) electrons. The summed E-state index contributed by atoms with van der Waals surface area (Å²) in [5, 5.41) is 8.82. The monoisotopic (exact) mass is 147 g/mol. The predicted molar refractivity (Wildman–Crippen MR) is 43.7 cm³/mol. The Morgan fingerprint density at radius 1 is 1.55 bits per heavy atom. The van der Waals surface area contributed by atoms with Gasteiger partial charge in [0.15, 0.2) is 0 Å². The van der Waals surface area contributed by atoms with E-state index in [9.17, 15) is 0 Å². The fraction of sp³-hybridized carbons (Fsp3) is 0.700. The fourth-order valence-corrected chi connectivity index (χ4v) is 2.68. The molecule has 1 heteroatoms. The summed E-state index contributed by atoms with van der Waals surface area (Å²) in [6.07, 6.45) is 5.95. The van der Waals surface area contributed by atoms with E-state index in [0.29, 0.717) is 11.8 Å². The molecule has 2 bridgehead atoms.